The first kappa shape index (κ1) is 14.5. The molecule has 0 bridgehead atoms. The summed E-state index contributed by atoms with van der Waals surface area (Å²) in [4.78, 5) is 10.6. The molecule has 0 aliphatic rings. The Bertz CT molecular complexity index is 458. The van der Waals surface area contributed by atoms with Crippen molar-refractivity contribution in [2.24, 2.45) is 0 Å². The number of benzene rings is 1. The number of hydrogen-bond donors (Lipinski definition) is 0. The van der Waals surface area contributed by atoms with E-state index < -0.39 is 41.5 Å². The fraction of sp³-hybridized carbons (Fsp3) is 0.300. The highest BCUT2D eigenvalue weighted by Gasteiger charge is 2.39. The van der Waals surface area contributed by atoms with Gasteiger partial charge in [0.1, 0.15) is 5.82 Å². The van der Waals surface area contributed by atoms with Crippen molar-refractivity contribution < 1.29 is 35.5 Å². The van der Waals surface area contributed by atoms with Gasteiger partial charge in [0, 0.05) is 6.42 Å². The van der Waals surface area contributed by atoms with Gasteiger partial charge in [-0.2, -0.15) is 26.3 Å². The van der Waals surface area contributed by atoms with Crippen molar-refractivity contribution in [1.82, 2.24) is 0 Å². The van der Waals surface area contributed by atoms with Crippen LogP contribution in [0.1, 0.15) is 11.1 Å². The minimum atomic E-state index is -5.13. The first-order chi connectivity index (χ1) is 8.01. The smallest absolute Gasteiger partial charge is 0.289 e. The molecule has 0 saturated heterocycles. The first-order valence-electron chi connectivity index (χ1n) is 4.47. The van der Waals surface area contributed by atoms with Crippen molar-refractivity contribution in [3.05, 3.63) is 35.1 Å². The summed E-state index contributed by atoms with van der Waals surface area (Å²) in [5, 5.41) is 0. The lowest BCUT2D eigenvalue weighted by Gasteiger charge is -2.10. The minimum Gasteiger partial charge on any atom is -0.289 e. The Morgan fingerprint density at radius 1 is 1.06 bits per heavy atom. The highest BCUT2D eigenvalue weighted by atomic mass is 19.4. The zero-order chi connectivity index (χ0) is 14.1. The maximum atomic E-state index is 12.8. The molecule has 100 valence electrons. The van der Waals surface area contributed by atoms with Crippen molar-refractivity contribution in [1.29, 1.82) is 0 Å². The van der Waals surface area contributed by atoms with E-state index in [0.717, 1.165) is 0 Å². The van der Waals surface area contributed by atoms with E-state index in [0.29, 0.717) is 12.1 Å². The van der Waals surface area contributed by atoms with Crippen LogP contribution < -0.4 is 0 Å². The molecule has 1 nitrogen and oxygen atoms in total. The molecule has 1 aromatic rings. The van der Waals surface area contributed by atoms with Gasteiger partial charge in [-0.05, 0) is 17.7 Å². The van der Waals surface area contributed by atoms with Crippen LogP contribution >= 0.6 is 0 Å². The second-order valence-corrected chi connectivity index (χ2v) is 3.41. The molecule has 0 radical (unpaired) electrons. The number of alkyl halides is 6. The first-order valence-corrected chi connectivity index (χ1v) is 4.47. The molecule has 0 aliphatic carbocycles. The van der Waals surface area contributed by atoms with Crippen LogP contribution in [0, 0.1) is 5.82 Å². The van der Waals surface area contributed by atoms with Gasteiger partial charge in [0.25, 0.3) is 0 Å². The summed E-state index contributed by atoms with van der Waals surface area (Å²) in [6, 6.07) is 1.27. The molecule has 0 amide bonds. The third-order valence-electron chi connectivity index (χ3n) is 2.02. The van der Waals surface area contributed by atoms with Crippen LogP contribution in [0.2, 0.25) is 0 Å². The van der Waals surface area contributed by atoms with Crippen LogP contribution in [0.15, 0.2) is 18.2 Å². The summed E-state index contributed by atoms with van der Waals surface area (Å²) >= 11 is 0. The fourth-order valence-electron chi connectivity index (χ4n) is 1.19. The molecule has 0 aliphatic heterocycles. The van der Waals surface area contributed by atoms with Crippen LogP contribution in [-0.4, -0.2) is 12.0 Å². The van der Waals surface area contributed by atoms with E-state index in [2.05, 4.69) is 0 Å². The number of carbonyl (C=O) groups is 1. The maximum absolute atomic E-state index is 12.8. The van der Waals surface area contributed by atoms with E-state index in [1.807, 2.05) is 0 Å². The number of halogens is 7. The number of rotatable bonds is 2. The summed E-state index contributed by atoms with van der Waals surface area (Å²) in [7, 11) is 0. The zero-order valence-corrected chi connectivity index (χ0v) is 8.49. The summed E-state index contributed by atoms with van der Waals surface area (Å²) < 4.78 is 85.3. The Hall–Kier alpha value is -1.60. The van der Waals surface area contributed by atoms with Gasteiger partial charge < -0.3 is 0 Å². The number of ketones is 1. The number of hydrogen-bond acceptors (Lipinski definition) is 1. The average Bonchev–Trinajstić information content (AvgIpc) is 2.17. The Kier molecular flexibility index (Phi) is 3.68. The number of carbonyl (C=O) groups excluding carboxylic acids is 1. The molecule has 0 unspecified atom stereocenters. The molecule has 0 spiro atoms. The lowest BCUT2D eigenvalue weighted by molar-refractivity contribution is -0.170. The van der Waals surface area contributed by atoms with E-state index in [4.69, 9.17) is 0 Å². The van der Waals surface area contributed by atoms with Crippen molar-refractivity contribution in [3.8, 4) is 0 Å². The Balaban J connectivity index is 3.04. The predicted molar refractivity (Wildman–Crippen MR) is 46.2 cm³/mol. The van der Waals surface area contributed by atoms with Crippen LogP contribution in [-0.2, 0) is 17.4 Å². The van der Waals surface area contributed by atoms with E-state index in [1.165, 1.54) is 0 Å². The Labute approximate surface area is 96.2 Å². The van der Waals surface area contributed by atoms with Crippen LogP contribution in [0.4, 0.5) is 30.7 Å². The molecular weight excluding hydrogens is 269 g/mol. The average molecular weight is 274 g/mol. The monoisotopic (exact) mass is 274 g/mol. The second-order valence-electron chi connectivity index (χ2n) is 3.41. The van der Waals surface area contributed by atoms with Gasteiger partial charge in [-0.1, -0.05) is 6.07 Å². The number of Topliss-reactive ketones (excluding diaryl/α,β-unsaturated/α-hetero) is 1. The Morgan fingerprint density at radius 3 is 2.06 bits per heavy atom. The van der Waals surface area contributed by atoms with Crippen LogP contribution in [0.5, 0.6) is 0 Å². The molecule has 1 rings (SSSR count). The largest absolute Gasteiger partial charge is 0.450 e. The molecule has 18 heavy (non-hydrogen) atoms. The third kappa shape index (κ3) is 3.44. The molecule has 0 fully saturated rings. The molecule has 0 atom stereocenters. The second kappa shape index (κ2) is 4.58. The SMILES string of the molecule is O=C(Cc1ccc(F)c(C(F)(F)F)c1)C(F)(F)F. The van der Waals surface area contributed by atoms with Crippen molar-refractivity contribution in [2.45, 2.75) is 18.8 Å². The topological polar surface area (TPSA) is 17.1 Å². The summed E-state index contributed by atoms with van der Waals surface area (Å²) in [6.45, 7) is 0. The molecule has 0 saturated carbocycles. The van der Waals surface area contributed by atoms with Gasteiger partial charge in [-0.15, -0.1) is 0 Å². The predicted octanol–water partition coefficient (Wildman–Crippen LogP) is 3.52. The molecule has 8 heteroatoms. The maximum Gasteiger partial charge on any atom is 0.450 e. The fourth-order valence-corrected chi connectivity index (χ4v) is 1.19. The lowest BCUT2D eigenvalue weighted by Crippen LogP contribution is -2.24. The Morgan fingerprint density at radius 2 is 1.61 bits per heavy atom. The molecule has 0 heterocycles. The quantitative estimate of drug-likeness (QED) is 0.754. The minimum absolute atomic E-state index is 0.193. The van der Waals surface area contributed by atoms with Crippen molar-refractivity contribution in [2.75, 3.05) is 0 Å². The van der Waals surface area contributed by atoms with E-state index in [1.54, 1.807) is 0 Å². The van der Waals surface area contributed by atoms with Crippen LogP contribution in [0.3, 0.4) is 0 Å². The van der Waals surface area contributed by atoms with E-state index >= 15 is 0 Å². The van der Waals surface area contributed by atoms with Gasteiger partial charge in [0.2, 0.25) is 5.78 Å². The van der Waals surface area contributed by atoms with E-state index in [-0.39, 0.29) is 6.07 Å². The summed E-state index contributed by atoms with van der Waals surface area (Å²) in [5.74, 6) is -3.80. The molecule has 0 N–H and O–H groups in total. The normalized spacial score (nSPS) is 12.6. The summed E-state index contributed by atoms with van der Waals surface area (Å²) in [6.07, 6.45) is -11.4. The van der Waals surface area contributed by atoms with Crippen LogP contribution in [0.25, 0.3) is 0 Å². The third-order valence-corrected chi connectivity index (χ3v) is 2.02. The van der Waals surface area contributed by atoms with Gasteiger partial charge >= 0.3 is 12.4 Å². The highest BCUT2D eigenvalue weighted by molar-refractivity contribution is 5.86. The highest BCUT2D eigenvalue weighted by Crippen LogP contribution is 2.32. The van der Waals surface area contributed by atoms with Gasteiger partial charge in [-0.25, -0.2) is 4.39 Å². The molecule has 1 aromatic carbocycles. The van der Waals surface area contributed by atoms with Gasteiger partial charge in [0.05, 0.1) is 5.56 Å². The van der Waals surface area contributed by atoms with Gasteiger partial charge in [0.15, 0.2) is 0 Å². The van der Waals surface area contributed by atoms with Crippen molar-refractivity contribution in [3.63, 3.8) is 0 Å². The van der Waals surface area contributed by atoms with Gasteiger partial charge in [-0.3, -0.25) is 4.79 Å². The van der Waals surface area contributed by atoms with E-state index in [9.17, 15) is 35.5 Å². The molecular formula is C10H5F7O. The summed E-state index contributed by atoms with van der Waals surface area (Å²) in [5.41, 5.74) is -2.25. The lowest BCUT2D eigenvalue weighted by atomic mass is 10.0. The standard InChI is InChI=1S/C10H5F7O/c11-7-2-1-5(3-6(7)9(12,13)14)4-8(18)10(15,16)17/h1-3H,4H2. The molecule has 0 aromatic heterocycles. The zero-order valence-electron chi connectivity index (χ0n) is 8.49. The van der Waals surface area contributed by atoms with Crippen molar-refractivity contribution >= 4 is 5.78 Å².